The van der Waals surface area contributed by atoms with E-state index in [1.807, 2.05) is 6.20 Å². The van der Waals surface area contributed by atoms with Crippen molar-refractivity contribution in [2.45, 2.75) is 36.1 Å². The van der Waals surface area contributed by atoms with E-state index in [4.69, 9.17) is 9.72 Å². The van der Waals surface area contributed by atoms with Crippen LogP contribution in [0.3, 0.4) is 0 Å². The fraction of sp³-hybridized carbons (Fsp3) is 0.360. The van der Waals surface area contributed by atoms with Gasteiger partial charge in [-0.1, -0.05) is 23.9 Å². The molecular formula is C25H28N4OS. The van der Waals surface area contributed by atoms with Gasteiger partial charge in [0, 0.05) is 48.5 Å². The van der Waals surface area contributed by atoms with Gasteiger partial charge in [0.2, 0.25) is 0 Å². The number of benzene rings is 2. The van der Waals surface area contributed by atoms with Crippen LogP contribution in [0.4, 0.5) is 11.4 Å². The Morgan fingerprint density at radius 1 is 1.10 bits per heavy atom. The largest absolute Gasteiger partial charge is 0.385 e. The Morgan fingerprint density at radius 3 is 2.77 bits per heavy atom. The number of ether oxygens (including phenoxy) is 1. The second-order valence-corrected chi connectivity index (χ2v) is 9.23. The topological polar surface area (TPSA) is 50.3 Å². The van der Waals surface area contributed by atoms with Crippen molar-refractivity contribution in [1.82, 2.24) is 9.97 Å². The fourth-order valence-corrected chi connectivity index (χ4v) is 5.03. The molecule has 0 aliphatic carbocycles. The maximum absolute atomic E-state index is 5.45. The van der Waals surface area contributed by atoms with Gasteiger partial charge in [-0.3, -0.25) is 0 Å². The molecule has 31 heavy (non-hydrogen) atoms. The van der Waals surface area contributed by atoms with E-state index in [-0.39, 0.29) is 0 Å². The minimum Gasteiger partial charge on any atom is -0.385 e. The van der Waals surface area contributed by atoms with E-state index in [0.29, 0.717) is 0 Å². The molecular weight excluding hydrogens is 404 g/mol. The Morgan fingerprint density at radius 2 is 1.94 bits per heavy atom. The highest BCUT2D eigenvalue weighted by molar-refractivity contribution is 7.99. The summed E-state index contributed by atoms with van der Waals surface area (Å²) in [4.78, 5) is 13.1. The van der Waals surface area contributed by atoms with Gasteiger partial charge in [0.05, 0.1) is 13.2 Å². The molecule has 1 N–H and O–H groups in total. The van der Waals surface area contributed by atoms with Crippen molar-refractivity contribution in [2.24, 2.45) is 0 Å². The lowest BCUT2D eigenvalue weighted by molar-refractivity contribution is 0.122. The number of morpholine rings is 1. The number of anilines is 2. The third-order valence-corrected chi connectivity index (χ3v) is 6.98. The van der Waals surface area contributed by atoms with Crippen molar-refractivity contribution < 1.29 is 4.74 Å². The Kier molecular flexibility index (Phi) is 6.09. The summed E-state index contributed by atoms with van der Waals surface area (Å²) < 4.78 is 5.45. The van der Waals surface area contributed by atoms with Gasteiger partial charge >= 0.3 is 0 Å². The van der Waals surface area contributed by atoms with Gasteiger partial charge in [0.15, 0.2) is 0 Å². The minimum atomic E-state index is 0.741. The van der Waals surface area contributed by atoms with Crippen molar-refractivity contribution in [3.05, 3.63) is 71.2 Å². The van der Waals surface area contributed by atoms with Crippen molar-refractivity contribution in [3.63, 3.8) is 0 Å². The van der Waals surface area contributed by atoms with Crippen LogP contribution in [0.15, 0.2) is 58.6 Å². The van der Waals surface area contributed by atoms with Crippen LogP contribution >= 0.6 is 11.8 Å². The van der Waals surface area contributed by atoms with Gasteiger partial charge in [0.1, 0.15) is 10.9 Å². The molecule has 5 nitrogen and oxygen atoms in total. The highest BCUT2D eigenvalue weighted by atomic mass is 32.2. The molecule has 5 rings (SSSR count). The molecule has 3 heterocycles. The second-order valence-electron chi connectivity index (χ2n) is 8.17. The van der Waals surface area contributed by atoms with Crippen molar-refractivity contribution in [2.75, 3.05) is 43.1 Å². The second kappa shape index (κ2) is 9.28. The quantitative estimate of drug-likeness (QED) is 0.589. The third-order valence-electron chi connectivity index (χ3n) is 5.88. The van der Waals surface area contributed by atoms with Crippen LogP contribution in [0.2, 0.25) is 0 Å². The van der Waals surface area contributed by atoms with Gasteiger partial charge in [-0.15, -0.1) is 0 Å². The van der Waals surface area contributed by atoms with Crippen molar-refractivity contribution in [1.29, 1.82) is 0 Å². The monoisotopic (exact) mass is 432 g/mol. The van der Waals surface area contributed by atoms with Gasteiger partial charge in [-0.2, -0.15) is 0 Å². The first-order chi connectivity index (χ1) is 15.2. The SMILES string of the molecule is Cc1cnc(Cc2ccc(N3CCOCC3)cc2)nc1Sc1ccc2c(c1)CCCN2. The molecule has 2 aliphatic heterocycles. The lowest BCUT2D eigenvalue weighted by Crippen LogP contribution is -2.36. The molecule has 0 spiro atoms. The van der Waals surface area contributed by atoms with Crippen LogP contribution in [0.1, 0.15) is 28.9 Å². The average molecular weight is 433 g/mol. The van der Waals surface area contributed by atoms with Crippen LogP contribution in [-0.2, 0) is 17.6 Å². The first-order valence-electron chi connectivity index (χ1n) is 11.0. The molecule has 1 saturated heterocycles. The lowest BCUT2D eigenvalue weighted by Gasteiger charge is -2.28. The zero-order chi connectivity index (χ0) is 21.0. The Bertz CT molecular complexity index is 1050. The molecule has 3 aromatic rings. The number of fused-ring (bicyclic) bond motifs is 1. The average Bonchev–Trinajstić information content (AvgIpc) is 2.82. The molecule has 0 saturated carbocycles. The summed E-state index contributed by atoms with van der Waals surface area (Å²) in [5.74, 6) is 0.867. The van der Waals surface area contributed by atoms with Gasteiger partial charge < -0.3 is 15.0 Å². The molecule has 0 atom stereocenters. The van der Waals surface area contributed by atoms with Crippen LogP contribution in [0.5, 0.6) is 0 Å². The van der Waals surface area contributed by atoms with Crippen LogP contribution in [-0.4, -0.2) is 42.8 Å². The number of hydrogen-bond donors (Lipinski definition) is 1. The number of aryl methyl sites for hydroxylation is 2. The highest BCUT2D eigenvalue weighted by Gasteiger charge is 2.13. The molecule has 0 amide bonds. The predicted octanol–water partition coefficient (Wildman–Crippen LogP) is 4.72. The maximum Gasteiger partial charge on any atom is 0.133 e. The van der Waals surface area contributed by atoms with E-state index in [2.05, 4.69) is 64.6 Å². The highest BCUT2D eigenvalue weighted by Crippen LogP contribution is 2.33. The zero-order valence-corrected chi connectivity index (χ0v) is 18.8. The first kappa shape index (κ1) is 20.3. The summed E-state index contributed by atoms with van der Waals surface area (Å²) >= 11 is 1.74. The summed E-state index contributed by atoms with van der Waals surface area (Å²) in [6.45, 7) is 6.68. The summed E-state index contributed by atoms with van der Waals surface area (Å²) in [6.07, 6.45) is 5.03. The molecule has 1 aromatic heterocycles. The smallest absolute Gasteiger partial charge is 0.133 e. The minimum absolute atomic E-state index is 0.741. The summed E-state index contributed by atoms with van der Waals surface area (Å²) in [6, 6.07) is 15.5. The summed E-state index contributed by atoms with van der Waals surface area (Å²) in [5.41, 5.74) is 6.29. The van der Waals surface area contributed by atoms with Gasteiger partial charge in [0.25, 0.3) is 0 Å². The number of hydrogen-bond acceptors (Lipinski definition) is 6. The van der Waals surface area contributed by atoms with Crippen LogP contribution < -0.4 is 10.2 Å². The molecule has 0 radical (unpaired) electrons. The van der Waals surface area contributed by atoms with Crippen molar-refractivity contribution in [3.8, 4) is 0 Å². The summed E-state index contributed by atoms with van der Waals surface area (Å²) in [7, 11) is 0. The molecule has 0 bridgehead atoms. The summed E-state index contributed by atoms with van der Waals surface area (Å²) in [5, 5.41) is 4.52. The zero-order valence-electron chi connectivity index (χ0n) is 17.9. The van der Waals surface area contributed by atoms with Gasteiger partial charge in [-0.25, -0.2) is 9.97 Å². The Labute approximate surface area is 188 Å². The van der Waals surface area contributed by atoms with Crippen LogP contribution in [0.25, 0.3) is 0 Å². The lowest BCUT2D eigenvalue weighted by atomic mass is 10.0. The third kappa shape index (κ3) is 4.86. The van der Waals surface area contributed by atoms with E-state index in [9.17, 15) is 0 Å². The maximum atomic E-state index is 5.45. The van der Waals surface area contributed by atoms with E-state index in [1.165, 1.54) is 33.8 Å². The van der Waals surface area contributed by atoms with E-state index < -0.39 is 0 Å². The van der Waals surface area contributed by atoms with Crippen LogP contribution in [0, 0.1) is 6.92 Å². The molecule has 2 aliphatic rings. The molecule has 160 valence electrons. The van der Waals surface area contributed by atoms with Gasteiger partial charge in [-0.05, 0) is 66.8 Å². The number of aromatic nitrogens is 2. The molecule has 6 heteroatoms. The molecule has 1 fully saturated rings. The Hall–Kier alpha value is -2.57. The first-order valence-corrected chi connectivity index (χ1v) is 11.8. The number of nitrogens with one attached hydrogen (secondary N) is 1. The van der Waals surface area contributed by atoms with E-state index in [1.54, 1.807) is 11.8 Å². The number of nitrogens with zero attached hydrogens (tertiary/aromatic N) is 3. The normalized spacial score (nSPS) is 16.0. The molecule has 2 aromatic carbocycles. The fourth-order valence-electron chi connectivity index (χ4n) is 4.10. The Balaban J connectivity index is 1.29. The van der Waals surface area contributed by atoms with Crippen molar-refractivity contribution >= 4 is 23.1 Å². The van der Waals surface area contributed by atoms with E-state index in [0.717, 1.165) is 62.1 Å². The number of rotatable bonds is 5. The predicted molar refractivity (Wildman–Crippen MR) is 126 cm³/mol. The van der Waals surface area contributed by atoms with E-state index >= 15 is 0 Å². The standard InChI is InChI=1S/C25H28N4OS/c1-18-17-27-24(15-19-4-6-21(7-5-19)29-11-13-30-14-12-29)28-25(18)31-22-8-9-23-20(16-22)3-2-10-26-23/h4-9,16-17,26H,2-3,10-15H2,1H3. The molecule has 0 unspecified atom stereocenters.